The van der Waals surface area contributed by atoms with Gasteiger partial charge in [-0.15, -0.1) is 0 Å². The summed E-state index contributed by atoms with van der Waals surface area (Å²) in [6.45, 7) is 2.20. The van der Waals surface area contributed by atoms with E-state index < -0.39 is 0 Å². The van der Waals surface area contributed by atoms with Crippen LogP contribution in [0.3, 0.4) is 0 Å². The highest BCUT2D eigenvalue weighted by molar-refractivity contribution is 6.15. The second-order valence-electron chi connectivity index (χ2n) is 1.29. The molecule has 0 fully saturated rings. The van der Waals surface area contributed by atoms with Crippen molar-refractivity contribution in [1.29, 1.82) is 0 Å². The zero-order valence-electron chi connectivity index (χ0n) is 4.29. The normalized spacial score (nSPS) is 13.6. The lowest BCUT2D eigenvalue weighted by Crippen LogP contribution is -2.21. The Balaban J connectivity index is 2.83. The van der Waals surface area contributed by atoms with Gasteiger partial charge in [-0.2, -0.15) is 0 Å². The second-order valence-corrected chi connectivity index (χ2v) is 1.29. The molecule has 0 aliphatic rings. The van der Waals surface area contributed by atoms with Gasteiger partial charge in [-0.3, -0.25) is 0 Å². The molecule has 0 aromatic rings. The van der Waals surface area contributed by atoms with Crippen LogP contribution >= 0.6 is 0 Å². The molecule has 0 aromatic heterocycles. The van der Waals surface area contributed by atoms with Crippen molar-refractivity contribution >= 4 is 7.69 Å². The molecule has 0 bridgehead atoms. The summed E-state index contributed by atoms with van der Waals surface area (Å²) in [7, 11) is 0.650. The molecule has 0 aliphatic carbocycles. The first-order chi connectivity index (χ1) is 3.31. The highest BCUT2D eigenvalue weighted by atomic mass is 16.5. The zero-order chi connectivity index (χ0) is 5.70. The van der Waals surface area contributed by atoms with Gasteiger partial charge >= 0.3 is 7.69 Å². The highest BCUT2D eigenvalue weighted by Crippen LogP contribution is 1.80. The molecular weight excluding hydrogens is 92.8 g/mol. The quantitative estimate of drug-likeness (QED) is 0.443. The van der Waals surface area contributed by atoms with Crippen LogP contribution in [0, 0.1) is 0 Å². The molecule has 7 heavy (non-hydrogen) atoms. The molecule has 0 heterocycles. The van der Waals surface area contributed by atoms with Crippen molar-refractivity contribution < 1.29 is 9.68 Å². The topological polar surface area (TPSA) is 55.5 Å². The fourth-order valence-electron chi connectivity index (χ4n) is 0.159. The van der Waals surface area contributed by atoms with Crippen LogP contribution in [-0.2, 0) is 4.65 Å². The average Bonchev–Trinajstić information content (AvgIpc) is 1.68. The smallest absolute Gasteiger partial charge is 0.429 e. The van der Waals surface area contributed by atoms with Gasteiger partial charge < -0.3 is 15.4 Å². The average molecular weight is 102 g/mol. The SMILES string of the molecule is CC(CN)O[B]O. The lowest BCUT2D eigenvalue weighted by molar-refractivity contribution is 0.208. The minimum Gasteiger partial charge on any atom is -0.429 e. The lowest BCUT2D eigenvalue weighted by Gasteiger charge is -2.04. The number of hydrogen-bond acceptors (Lipinski definition) is 3. The molecule has 1 atom stereocenters. The third-order valence-electron chi connectivity index (χ3n) is 0.625. The van der Waals surface area contributed by atoms with E-state index in [0.29, 0.717) is 14.2 Å². The van der Waals surface area contributed by atoms with Crippen molar-refractivity contribution in [2.24, 2.45) is 5.73 Å². The summed E-state index contributed by atoms with van der Waals surface area (Å²) in [5.74, 6) is 0. The summed E-state index contributed by atoms with van der Waals surface area (Å²) in [6.07, 6.45) is -0.0787. The molecule has 0 saturated carbocycles. The van der Waals surface area contributed by atoms with E-state index in [1.54, 1.807) is 6.92 Å². The summed E-state index contributed by atoms with van der Waals surface area (Å²) >= 11 is 0. The van der Waals surface area contributed by atoms with E-state index in [4.69, 9.17) is 10.8 Å². The molecule has 1 unspecified atom stereocenters. The molecule has 4 heteroatoms. The van der Waals surface area contributed by atoms with Gasteiger partial charge in [0, 0.05) is 6.54 Å². The van der Waals surface area contributed by atoms with Gasteiger partial charge in [0.25, 0.3) is 0 Å². The van der Waals surface area contributed by atoms with Crippen molar-refractivity contribution in [3.8, 4) is 0 Å². The lowest BCUT2D eigenvalue weighted by atomic mass is 10.3. The van der Waals surface area contributed by atoms with Crippen LogP contribution in [-0.4, -0.2) is 25.4 Å². The van der Waals surface area contributed by atoms with Gasteiger partial charge in [0.1, 0.15) is 0 Å². The molecule has 3 nitrogen and oxygen atoms in total. The van der Waals surface area contributed by atoms with Crippen LogP contribution in [0.4, 0.5) is 0 Å². The van der Waals surface area contributed by atoms with Crippen LogP contribution in [0.1, 0.15) is 6.92 Å². The number of rotatable bonds is 3. The Kier molecular flexibility index (Phi) is 4.08. The van der Waals surface area contributed by atoms with E-state index in [9.17, 15) is 0 Å². The van der Waals surface area contributed by atoms with Crippen LogP contribution in [0.25, 0.3) is 0 Å². The molecule has 0 aromatic carbocycles. The fraction of sp³-hybridized carbons (Fsp3) is 1.00. The van der Waals surface area contributed by atoms with Crippen LogP contribution in [0.15, 0.2) is 0 Å². The Morgan fingerprint density at radius 3 is 2.71 bits per heavy atom. The summed E-state index contributed by atoms with van der Waals surface area (Å²) in [6, 6.07) is 0. The van der Waals surface area contributed by atoms with Gasteiger partial charge in [-0.25, -0.2) is 0 Å². The van der Waals surface area contributed by atoms with Crippen LogP contribution in [0.2, 0.25) is 0 Å². The molecule has 0 amide bonds. The van der Waals surface area contributed by atoms with Gasteiger partial charge in [0.2, 0.25) is 0 Å². The highest BCUT2D eigenvalue weighted by Gasteiger charge is 1.95. The Morgan fingerprint density at radius 2 is 2.57 bits per heavy atom. The standard InChI is InChI=1S/C3H9BNO2/c1-3(2-5)7-4-6/h3,6H,2,5H2,1H3. The Labute approximate surface area is 43.8 Å². The van der Waals surface area contributed by atoms with Gasteiger partial charge in [-0.05, 0) is 6.92 Å². The van der Waals surface area contributed by atoms with E-state index in [0.717, 1.165) is 0 Å². The van der Waals surface area contributed by atoms with Crippen molar-refractivity contribution in [2.75, 3.05) is 6.54 Å². The van der Waals surface area contributed by atoms with Crippen LogP contribution in [0.5, 0.6) is 0 Å². The number of nitrogens with two attached hydrogens (primary N) is 1. The summed E-state index contributed by atoms with van der Waals surface area (Å²) in [4.78, 5) is 0. The van der Waals surface area contributed by atoms with E-state index in [2.05, 4.69) is 4.65 Å². The van der Waals surface area contributed by atoms with Crippen molar-refractivity contribution in [3.05, 3.63) is 0 Å². The second kappa shape index (κ2) is 4.11. The Morgan fingerprint density at radius 1 is 2.00 bits per heavy atom. The predicted octanol–water partition coefficient (Wildman–Crippen LogP) is -1.12. The van der Waals surface area contributed by atoms with E-state index in [1.807, 2.05) is 0 Å². The zero-order valence-corrected chi connectivity index (χ0v) is 4.29. The largest absolute Gasteiger partial charge is 0.485 e. The first-order valence-electron chi connectivity index (χ1n) is 2.12. The minimum absolute atomic E-state index is 0.0787. The van der Waals surface area contributed by atoms with Gasteiger partial charge in [0.15, 0.2) is 0 Å². The maximum absolute atomic E-state index is 7.96. The molecule has 0 aliphatic heterocycles. The molecule has 3 N–H and O–H groups in total. The third-order valence-corrected chi connectivity index (χ3v) is 0.625. The van der Waals surface area contributed by atoms with Crippen molar-refractivity contribution in [3.63, 3.8) is 0 Å². The Hall–Kier alpha value is -0.0551. The number of hydrogen-bond donors (Lipinski definition) is 2. The van der Waals surface area contributed by atoms with Crippen molar-refractivity contribution in [1.82, 2.24) is 0 Å². The van der Waals surface area contributed by atoms with E-state index in [1.165, 1.54) is 0 Å². The fourth-order valence-corrected chi connectivity index (χ4v) is 0.159. The summed E-state index contributed by atoms with van der Waals surface area (Å²) in [5.41, 5.74) is 5.10. The van der Waals surface area contributed by atoms with E-state index >= 15 is 0 Å². The molecule has 0 saturated heterocycles. The summed E-state index contributed by atoms with van der Waals surface area (Å²) in [5, 5.41) is 7.96. The third kappa shape index (κ3) is 3.78. The monoisotopic (exact) mass is 102 g/mol. The molecule has 1 radical (unpaired) electrons. The maximum Gasteiger partial charge on any atom is 0.485 e. The maximum atomic E-state index is 7.96. The first kappa shape index (κ1) is 6.94. The Bertz CT molecular complexity index is 43.9. The summed E-state index contributed by atoms with van der Waals surface area (Å²) < 4.78 is 4.50. The molecule has 0 spiro atoms. The molecule has 41 valence electrons. The first-order valence-corrected chi connectivity index (χ1v) is 2.12. The van der Waals surface area contributed by atoms with Crippen LogP contribution < -0.4 is 5.73 Å². The minimum atomic E-state index is -0.0787. The van der Waals surface area contributed by atoms with E-state index in [-0.39, 0.29) is 6.10 Å². The predicted molar refractivity (Wildman–Crippen MR) is 27.6 cm³/mol. The van der Waals surface area contributed by atoms with Gasteiger partial charge in [0.05, 0.1) is 6.10 Å². The van der Waals surface area contributed by atoms with Gasteiger partial charge in [-0.1, -0.05) is 0 Å². The van der Waals surface area contributed by atoms with Crippen molar-refractivity contribution in [2.45, 2.75) is 13.0 Å². The molecular formula is C3H9BNO2. The molecule has 0 rings (SSSR count).